The maximum Gasteiger partial charge on any atom is 0.269 e. The number of hydrogen-bond donors (Lipinski definition) is 0. The predicted molar refractivity (Wildman–Crippen MR) is 130 cm³/mol. The minimum absolute atomic E-state index is 0.114. The molecule has 2 aliphatic carbocycles. The molecule has 31 heavy (non-hydrogen) atoms. The van der Waals surface area contributed by atoms with Crippen LogP contribution in [0, 0.1) is 17.9 Å². The summed E-state index contributed by atoms with van der Waals surface area (Å²) in [6.45, 7) is 14.0. The molecule has 1 aromatic rings. The number of nitriles is 1. The molecule has 3 rings (SSSR count). The zero-order valence-corrected chi connectivity index (χ0v) is 18.6. The van der Waals surface area contributed by atoms with Crippen LogP contribution in [0.2, 0.25) is 0 Å². The summed E-state index contributed by atoms with van der Waals surface area (Å²) in [5, 5.41) is 9.35. The second kappa shape index (κ2) is 10.4. The topological polar surface area (TPSA) is 28.1 Å². The monoisotopic (exact) mass is 404 g/mol. The molecule has 2 aliphatic rings. The molecule has 0 N–H and O–H groups in total. The summed E-state index contributed by atoms with van der Waals surface area (Å²) in [6.07, 6.45) is 17.1. The molecule has 0 saturated heterocycles. The van der Waals surface area contributed by atoms with Crippen LogP contribution in [0.5, 0.6) is 0 Å². The third-order valence-electron chi connectivity index (χ3n) is 6.07. The van der Waals surface area contributed by atoms with Crippen LogP contribution in [-0.4, -0.2) is 0 Å². The standard InChI is InChI=1S/C29H28N2/c1-21-18-27(23(3)22(21)2)17-16-25-11-8-10-24(19-25)12-9-15-28(29(20-30)31-4)26-13-6-5-7-14-26/h5-7,9,12-17,19H,8,10-11,18H2,1-3H3/b15-9+,17-16?,24-12+,29-28+. The maximum absolute atomic E-state index is 9.35. The molecule has 0 heterocycles. The first-order chi connectivity index (χ1) is 15.0. The van der Waals surface area contributed by atoms with E-state index in [2.05, 4.69) is 49.9 Å². The zero-order valence-electron chi connectivity index (χ0n) is 18.6. The SMILES string of the molecule is [C-]#[N+]\C(C#N)=C(/C=C/C=C1/C=C(C=CC2=C(C)C(C)=C(C)C2)CCC1)c1ccccc1. The van der Waals surface area contributed by atoms with Gasteiger partial charge in [-0.15, -0.1) is 0 Å². The Morgan fingerprint density at radius 1 is 1.06 bits per heavy atom. The summed E-state index contributed by atoms with van der Waals surface area (Å²) in [5.74, 6) is 0. The molecule has 0 aromatic heterocycles. The van der Waals surface area contributed by atoms with Crippen LogP contribution in [0.3, 0.4) is 0 Å². The number of nitrogens with zero attached hydrogens (tertiary/aromatic N) is 2. The Labute approximate surface area is 186 Å². The van der Waals surface area contributed by atoms with E-state index in [4.69, 9.17) is 6.57 Å². The van der Waals surface area contributed by atoms with E-state index in [1.165, 1.54) is 33.4 Å². The van der Waals surface area contributed by atoms with Crippen molar-refractivity contribution in [1.82, 2.24) is 0 Å². The Hall–Kier alpha value is -3.62. The predicted octanol–water partition coefficient (Wildman–Crippen LogP) is 8.05. The first kappa shape index (κ1) is 22.1. The fraction of sp³-hybridized carbons (Fsp3) is 0.241. The Morgan fingerprint density at radius 2 is 1.84 bits per heavy atom. The van der Waals surface area contributed by atoms with Crippen LogP contribution >= 0.6 is 0 Å². The number of benzene rings is 1. The molecular formula is C29H28N2. The van der Waals surface area contributed by atoms with Crippen LogP contribution in [0.15, 0.2) is 106 Å². The first-order valence-electron chi connectivity index (χ1n) is 10.7. The lowest BCUT2D eigenvalue weighted by molar-refractivity contribution is 0.797. The third-order valence-corrected chi connectivity index (χ3v) is 6.07. The molecule has 0 fully saturated rings. The van der Waals surface area contributed by atoms with Crippen LogP contribution in [0.25, 0.3) is 10.4 Å². The Kier molecular flexibility index (Phi) is 7.42. The average molecular weight is 405 g/mol. The molecule has 0 radical (unpaired) electrons. The van der Waals surface area contributed by atoms with Gasteiger partial charge < -0.3 is 0 Å². The highest BCUT2D eigenvalue weighted by Gasteiger charge is 2.13. The average Bonchev–Trinajstić information content (AvgIpc) is 3.05. The fourth-order valence-electron chi connectivity index (χ4n) is 3.99. The van der Waals surface area contributed by atoms with E-state index in [1.54, 1.807) is 0 Å². The van der Waals surface area contributed by atoms with Gasteiger partial charge in [-0.25, -0.2) is 10.1 Å². The van der Waals surface area contributed by atoms with Crippen LogP contribution < -0.4 is 0 Å². The van der Waals surface area contributed by atoms with Gasteiger partial charge in [-0.1, -0.05) is 72.4 Å². The number of rotatable bonds is 5. The van der Waals surface area contributed by atoms with Gasteiger partial charge in [0.25, 0.3) is 5.70 Å². The summed E-state index contributed by atoms with van der Waals surface area (Å²) in [5.41, 5.74) is 10.0. The smallest absolute Gasteiger partial charge is 0.226 e. The van der Waals surface area contributed by atoms with E-state index in [-0.39, 0.29) is 5.70 Å². The van der Waals surface area contributed by atoms with Gasteiger partial charge >= 0.3 is 0 Å². The number of hydrogen-bond acceptors (Lipinski definition) is 1. The van der Waals surface area contributed by atoms with Gasteiger partial charge in [0.1, 0.15) is 0 Å². The van der Waals surface area contributed by atoms with Crippen molar-refractivity contribution in [3.8, 4) is 6.07 Å². The number of allylic oxidation sites excluding steroid dienone is 14. The first-order valence-corrected chi connectivity index (χ1v) is 10.7. The maximum atomic E-state index is 9.35. The third kappa shape index (κ3) is 5.50. The van der Waals surface area contributed by atoms with Gasteiger partial charge in [-0.3, -0.25) is 0 Å². The van der Waals surface area contributed by atoms with E-state index in [9.17, 15) is 5.26 Å². The molecule has 2 nitrogen and oxygen atoms in total. The largest absolute Gasteiger partial charge is 0.269 e. The normalized spacial score (nSPS) is 19.1. The lowest BCUT2D eigenvalue weighted by atomic mass is 9.93. The molecule has 0 aliphatic heterocycles. The molecule has 0 atom stereocenters. The van der Waals surface area contributed by atoms with Crippen molar-refractivity contribution in [2.75, 3.05) is 0 Å². The molecule has 0 bridgehead atoms. The molecule has 0 spiro atoms. The van der Waals surface area contributed by atoms with Crippen LogP contribution in [0.4, 0.5) is 0 Å². The van der Waals surface area contributed by atoms with E-state index >= 15 is 0 Å². The summed E-state index contributed by atoms with van der Waals surface area (Å²) in [6, 6.07) is 11.6. The second-order valence-corrected chi connectivity index (χ2v) is 8.09. The van der Waals surface area contributed by atoms with Crippen molar-refractivity contribution in [3.63, 3.8) is 0 Å². The summed E-state index contributed by atoms with van der Waals surface area (Å²) >= 11 is 0. The van der Waals surface area contributed by atoms with Gasteiger partial charge in [0.2, 0.25) is 0 Å². The lowest BCUT2D eigenvalue weighted by Gasteiger charge is -2.12. The molecule has 0 unspecified atom stereocenters. The van der Waals surface area contributed by atoms with Gasteiger partial charge in [0, 0.05) is 0 Å². The van der Waals surface area contributed by atoms with Gasteiger partial charge in [0.15, 0.2) is 0 Å². The van der Waals surface area contributed by atoms with Gasteiger partial charge in [0.05, 0.1) is 12.6 Å². The van der Waals surface area contributed by atoms with E-state index < -0.39 is 0 Å². The molecule has 1 aromatic carbocycles. The second-order valence-electron chi connectivity index (χ2n) is 8.09. The van der Waals surface area contributed by atoms with Crippen molar-refractivity contribution in [3.05, 3.63) is 123 Å². The summed E-state index contributed by atoms with van der Waals surface area (Å²) in [4.78, 5) is 3.41. The van der Waals surface area contributed by atoms with E-state index in [1.807, 2.05) is 48.6 Å². The Balaban J connectivity index is 1.80. The molecule has 2 heteroatoms. The van der Waals surface area contributed by atoms with Crippen molar-refractivity contribution in [2.45, 2.75) is 46.5 Å². The molecule has 0 amide bonds. The molecule has 154 valence electrons. The van der Waals surface area contributed by atoms with Crippen molar-refractivity contribution >= 4 is 5.57 Å². The fourth-order valence-corrected chi connectivity index (χ4v) is 3.99. The minimum atomic E-state index is 0.114. The van der Waals surface area contributed by atoms with Crippen molar-refractivity contribution < 1.29 is 0 Å². The summed E-state index contributed by atoms with van der Waals surface area (Å²) < 4.78 is 0. The molecule has 0 saturated carbocycles. The van der Waals surface area contributed by atoms with Crippen LogP contribution in [0.1, 0.15) is 52.0 Å². The summed E-state index contributed by atoms with van der Waals surface area (Å²) in [7, 11) is 0. The van der Waals surface area contributed by atoms with E-state index in [0.29, 0.717) is 5.57 Å². The highest BCUT2D eigenvalue weighted by atomic mass is 14.7. The zero-order chi connectivity index (χ0) is 22.2. The minimum Gasteiger partial charge on any atom is -0.226 e. The lowest BCUT2D eigenvalue weighted by Crippen LogP contribution is -1.93. The van der Waals surface area contributed by atoms with Crippen molar-refractivity contribution in [1.29, 1.82) is 5.26 Å². The Bertz CT molecular complexity index is 1130. The molecular weight excluding hydrogens is 376 g/mol. The quantitative estimate of drug-likeness (QED) is 0.277. The van der Waals surface area contributed by atoms with Gasteiger partial charge in [-0.2, -0.15) is 0 Å². The highest BCUT2D eigenvalue weighted by molar-refractivity contribution is 5.80. The highest BCUT2D eigenvalue weighted by Crippen LogP contribution is 2.33. The van der Waals surface area contributed by atoms with Gasteiger partial charge in [-0.05, 0) is 85.5 Å². The van der Waals surface area contributed by atoms with E-state index in [0.717, 1.165) is 31.2 Å². The Morgan fingerprint density at radius 3 is 2.48 bits per heavy atom. The van der Waals surface area contributed by atoms with Crippen molar-refractivity contribution in [2.24, 2.45) is 0 Å². The van der Waals surface area contributed by atoms with Crippen LogP contribution in [-0.2, 0) is 0 Å².